The molecule has 0 aromatic rings. The third kappa shape index (κ3) is 3.85. The molecular formula is C14H24N2O3. The van der Waals surface area contributed by atoms with Gasteiger partial charge in [0.2, 0.25) is 5.91 Å². The Morgan fingerprint density at radius 2 is 2.11 bits per heavy atom. The lowest BCUT2D eigenvalue weighted by molar-refractivity contribution is -0.127. The van der Waals surface area contributed by atoms with Crippen LogP contribution in [0.2, 0.25) is 0 Å². The van der Waals surface area contributed by atoms with Crippen LogP contribution in [0.3, 0.4) is 0 Å². The van der Waals surface area contributed by atoms with Gasteiger partial charge in [-0.2, -0.15) is 0 Å². The molecule has 0 radical (unpaired) electrons. The van der Waals surface area contributed by atoms with E-state index in [1.165, 1.54) is 12.8 Å². The molecule has 2 unspecified atom stereocenters. The Bertz CT molecular complexity index is 342. The third-order valence-corrected chi connectivity index (χ3v) is 4.02. The fourth-order valence-corrected chi connectivity index (χ4v) is 2.63. The second-order valence-electron chi connectivity index (χ2n) is 5.62. The molecule has 0 aromatic carbocycles. The summed E-state index contributed by atoms with van der Waals surface area (Å²) < 4.78 is 4.99. The molecule has 0 bridgehead atoms. The van der Waals surface area contributed by atoms with Crippen LogP contribution in [0.25, 0.3) is 0 Å². The summed E-state index contributed by atoms with van der Waals surface area (Å²) in [5, 5.41) is 3.09. The van der Waals surface area contributed by atoms with Crippen molar-refractivity contribution in [2.45, 2.75) is 45.6 Å². The first-order valence-corrected chi connectivity index (χ1v) is 7.34. The van der Waals surface area contributed by atoms with Crippen LogP contribution in [0.4, 0.5) is 4.79 Å². The van der Waals surface area contributed by atoms with Gasteiger partial charge in [0.25, 0.3) is 0 Å². The summed E-state index contributed by atoms with van der Waals surface area (Å²) in [6.45, 7) is 5.43. The van der Waals surface area contributed by atoms with Gasteiger partial charge in [0.15, 0.2) is 0 Å². The first-order valence-electron chi connectivity index (χ1n) is 7.34. The van der Waals surface area contributed by atoms with Crippen LogP contribution in [0.15, 0.2) is 0 Å². The molecule has 2 atom stereocenters. The molecule has 1 aliphatic carbocycles. The minimum absolute atomic E-state index is 0.0839. The van der Waals surface area contributed by atoms with E-state index in [-0.39, 0.29) is 24.0 Å². The molecule has 108 valence electrons. The lowest BCUT2D eigenvalue weighted by atomic mass is 9.97. The minimum atomic E-state index is -0.296. The number of nitrogens with one attached hydrogen (secondary N) is 1. The van der Waals surface area contributed by atoms with Gasteiger partial charge in [-0.25, -0.2) is 4.79 Å². The number of nitrogens with zero attached hydrogens (tertiary/aromatic N) is 1. The van der Waals surface area contributed by atoms with Gasteiger partial charge in [-0.3, -0.25) is 4.79 Å². The van der Waals surface area contributed by atoms with E-state index in [1.54, 1.807) is 11.8 Å². The summed E-state index contributed by atoms with van der Waals surface area (Å²) in [6, 6.07) is 0.269. The molecular weight excluding hydrogens is 244 g/mol. The number of likely N-dealkylation sites (tertiary alicyclic amines) is 1. The van der Waals surface area contributed by atoms with Crippen LogP contribution in [0.1, 0.15) is 39.5 Å². The van der Waals surface area contributed by atoms with Gasteiger partial charge >= 0.3 is 6.09 Å². The Morgan fingerprint density at radius 3 is 2.74 bits per heavy atom. The van der Waals surface area contributed by atoms with E-state index in [1.807, 2.05) is 0 Å². The van der Waals surface area contributed by atoms with E-state index in [9.17, 15) is 9.59 Å². The molecule has 2 aliphatic rings. The summed E-state index contributed by atoms with van der Waals surface area (Å²) in [4.78, 5) is 25.5. The molecule has 2 fully saturated rings. The zero-order valence-electron chi connectivity index (χ0n) is 11.9. The molecule has 5 nitrogen and oxygen atoms in total. The number of carbonyl (C=O) groups is 2. The maximum atomic E-state index is 12.2. The summed E-state index contributed by atoms with van der Waals surface area (Å²) in [7, 11) is 0. The van der Waals surface area contributed by atoms with Gasteiger partial charge in [-0.1, -0.05) is 0 Å². The Labute approximate surface area is 114 Å². The van der Waals surface area contributed by atoms with Crippen LogP contribution in [-0.2, 0) is 9.53 Å². The van der Waals surface area contributed by atoms with E-state index in [2.05, 4.69) is 12.2 Å². The van der Waals surface area contributed by atoms with Crippen molar-refractivity contribution < 1.29 is 14.3 Å². The highest BCUT2D eigenvalue weighted by Crippen LogP contribution is 2.32. The molecule has 1 saturated heterocycles. The normalized spacial score (nSPS) is 24.7. The molecule has 19 heavy (non-hydrogen) atoms. The average Bonchev–Trinajstić information content (AvgIpc) is 3.23. The number of hydrogen-bond donors (Lipinski definition) is 1. The van der Waals surface area contributed by atoms with Crippen molar-refractivity contribution in [3.05, 3.63) is 0 Å². The molecule has 1 N–H and O–H groups in total. The number of hydrogen-bond acceptors (Lipinski definition) is 3. The van der Waals surface area contributed by atoms with Crippen molar-refractivity contribution in [1.82, 2.24) is 10.2 Å². The molecule has 2 rings (SSSR count). The van der Waals surface area contributed by atoms with Crippen LogP contribution < -0.4 is 5.32 Å². The summed E-state index contributed by atoms with van der Waals surface area (Å²) in [6.07, 6.45) is 3.88. The van der Waals surface area contributed by atoms with E-state index in [0.717, 1.165) is 12.8 Å². The Hall–Kier alpha value is -1.26. The van der Waals surface area contributed by atoms with Crippen LogP contribution in [-0.4, -0.2) is 42.6 Å². The molecule has 2 amide bonds. The number of piperidine rings is 1. The number of amides is 2. The summed E-state index contributed by atoms with van der Waals surface area (Å²) >= 11 is 0. The van der Waals surface area contributed by atoms with Crippen molar-refractivity contribution in [2.75, 3.05) is 19.7 Å². The fraction of sp³-hybridized carbons (Fsp3) is 0.857. The number of ether oxygens (including phenoxy) is 1. The predicted octanol–water partition coefficient (Wildman–Crippen LogP) is 1.77. The van der Waals surface area contributed by atoms with E-state index in [4.69, 9.17) is 4.74 Å². The van der Waals surface area contributed by atoms with Gasteiger partial charge in [-0.15, -0.1) is 0 Å². The zero-order chi connectivity index (χ0) is 13.8. The fourth-order valence-electron chi connectivity index (χ4n) is 2.63. The largest absolute Gasteiger partial charge is 0.450 e. The van der Waals surface area contributed by atoms with Crippen molar-refractivity contribution >= 4 is 12.0 Å². The monoisotopic (exact) mass is 268 g/mol. The van der Waals surface area contributed by atoms with Crippen molar-refractivity contribution in [2.24, 2.45) is 11.8 Å². The van der Waals surface area contributed by atoms with Gasteiger partial charge in [0.05, 0.1) is 12.5 Å². The van der Waals surface area contributed by atoms with Gasteiger partial charge in [-0.05, 0) is 45.4 Å². The maximum Gasteiger partial charge on any atom is 0.409 e. The van der Waals surface area contributed by atoms with Crippen LogP contribution >= 0.6 is 0 Å². The first kappa shape index (κ1) is 14.2. The second kappa shape index (κ2) is 6.26. The molecule has 1 saturated carbocycles. The predicted molar refractivity (Wildman–Crippen MR) is 71.6 cm³/mol. The van der Waals surface area contributed by atoms with E-state index >= 15 is 0 Å². The lowest BCUT2D eigenvalue weighted by Crippen LogP contribution is -2.47. The van der Waals surface area contributed by atoms with Crippen LogP contribution in [0, 0.1) is 11.8 Å². The SMILES string of the molecule is CCOC(=O)N1CCCC(C(=O)NC(C)C2CC2)C1. The molecule has 1 aliphatic heterocycles. The lowest BCUT2D eigenvalue weighted by Gasteiger charge is -2.31. The topological polar surface area (TPSA) is 58.6 Å². The molecule has 5 heteroatoms. The molecule has 1 heterocycles. The van der Waals surface area contributed by atoms with Gasteiger partial charge in [0, 0.05) is 19.1 Å². The van der Waals surface area contributed by atoms with Gasteiger partial charge < -0.3 is 15.0 Å². The van der Waals surface area contributed by atoms with Crippen LogP contribution in [0.5, 0.6) is 0 Å². The van der Waals surface area contributed by atoms with Crippen molar-refractivity contribution in [3.8, 4) is 0 Å². The van der Waals surface area contributed by atoms with E-state index < -0.39 is 0 Å². The Balaban J connectivity index is 1.82. The molecule has 0 spiro atoms. The van der Waals surface area contributed by atoms with Crippen molar-refractivity contribution in [3.63, 3.8) is 0 Å². The Morgan fingerprint density at radius 1 is 1.37 bits per heavy atom. The Kier molecular flexibility index (Phi) is 4.66. The quantitative estimate of drug-likeness (QED) is 0.845. The van der Waals surface area contributed by atoms with Gasteiger partial charge in [0.1, 0.15) is 0 Å². The maximum absolute atomic E-state index is 12.2. The first-order chi connectivity index (χ1) is 9.11. The smallest absolute Gasteiger partial charge is 0.409 e. The highest BCUT2D eigenvalue weighted by molar-refractivity contribution is 5.80. The average molecular weight is 268 g/mol. The number of carbonyl (C=O) groups excluding carboxylic acids is 2. The second-order valence-corrected chi connectivity index (χ2v) is 5.62. The highest BCUT2D eigenvalue weighted by Gasteiger charge is 2.33. The summed E-state index contributed by atoms with van der Waals surface area (Å²) in [5.41, 5.74) is 0. The van der Waals surface area contributed by atoms with E-state index in [0.29, 0.717) is 25.6 Å². The zero-order valence-corrected chi connectivity index (χ0v) is 11.9. The third-order valence-electron chi connectivity index (χ3n) is 4.02. The summed E-state index contributed by atoms with van der Waals surface area (Å²) in [5.74, 6) is 0.668. The molecule has 0 aromatic heterocycles. The minimum Gasteiger partial charge on any atom is -0.450 e. The standard InChI is InChI=1S/C14H24N2O3/c1-3-19-14(18)16-8-4-5-12(9-16)13(17)15-10(2)11-6-7-11/h10-12H,3-9H2,1-2H3,(H,15,17). The number of rotatable bonds is 4. The highest BCUT2D eigenvalue weighted by atomic mass is 16.6. The van der Waals surface area contributed by atoms with Crippen molar-refractivity contribution in [1.29, 1.82) is 0 Å².